The maximum Gasteiger partial charge on any atom is 0.251 e. The predicted octanol–water partition coefficient (Wildman–Crippen LogP) is 0.590. The van der Waals surface area contributed by atoms with Crippen LogP contribution in [0.25, 0.3) is 0 Å². The quantitative estimate of drug-likeness (QED) is 0.657. The number of hydrogen-bond donors (Lipinski definition) is 3. The van der Waals surface area contributed by atoms with E-state index in [1.807, 2.05) is 6.07 Å². The number of carbonyl (C=O) groups is 2. The summed E-state index contributed by atoms with van der Waals surface area (Å²) in [5.41, 5.74) is 5.60. The van der Waals surface area contributed by atoms with Crippen molar-refractivity contribution < 1.29 is 9.59 Å². The lowest BCUT2D eigenvalue weighted by molar-refractivity contribution is -0.117. The highest BCUT2D eigenvalue weighted by molar-refractivity contribution is 7.81. The van der Waals surface area contributed by atoms with Crippen molar-refractivity contribution >= 4 is 24.4 Å². The van der Waals surface area contributed by atoms with Crippen LogP contribution in [-0.4, -0.2) is 23.6 Å². The smallest absolute Gasteiger partial charge is 0.251 e. The van der Waals surface area contributed by atoms with Crippen LogP contribution in [0.1, 0.15) is 16.8 Å². The molecule has 0 bridgehead atoms. The first kappa shape index (κ1) is 12.6. The third kappa shape index (κ3) is 4.35. The van der Waals surface area contributed by atoms with E-state index in [1.165, 1.54) is 0 Å². The Bertz CT molecular complexity index is 368. The molecule has 1 atom stereocenters. The van der Waals surface area contributed by atoms with Gasteiger partial charge in [0.15, 0.2) is 0 Å². The van der Waals surface area contributed by atoms with Crippen molar-refractivity contribution in [2.75, 3.05) is 6.54 Å². The van der Waals surface area contributed by atoms with E-state index in [2.05, 4.69) is 17.9 Å². The second-order valence-electron chi connectivity index (χ2n) is 3.40. The van der Waals surface area contributed by atoms with Gasteiger partial charge in [0.2, 0.25) is 5.91 Å². The molecule has 16 heavy (non-hydrogen) atoms. The summed E-state index contributed by atoms with van der Waals surface area (Å²) in [4.78, 5) is 22.2. The van der Waals surface area contributed by atoms with Crippen LogP contribution in [0.2, 0.25) is 0 Å². The largest absolute Gasteiger partial charge is 0.370 e. The maximum atomic E-state index is 11.6. The summed E-state index contributed by atoms with van der Waals surface area (Å²) in [5, 5.41) is 2.44. The molecule has 0 aliphatic heterocycles. The van der Waals surface area contributed by atoms with E-state index < -0.39 is 5.91 Å². The molecule has 4 nitrogen and oxygen atoms in total. The molecule has 0 heterocycles. The van der Waals surface area contributed by atoms with Crippen LogP contribution in [0, 0.1) is 0 Å². The fourth-order valence-electron chi connectivity index (χ4n) is 1.21. The fourth-order valence-corrected chi connectivity index (χ4v) is 1.48. The van der Waals surface area contributed by atoms with Gasteiger partial charge in [-0.05, 0) is 12.1 Å². The summed E-state index contributed by atoms with van der Waals surface area (Å²) < 4.78 is 0. The molecule has 0 saturated carbocycles. The molecule has 1 aromatic carbocycles. The van der Waals surface area contributed by atoms with Gasteiger partial charge in [0.1, 0.15) is 0 Å². The van der Waals surface area contributed by atoms with E-state index in [0.717, 1.165) is 0 Å². The van der Waals surface area contributed by atoms with Crippen molar-refractivity contribution in [3.05, 3.63) is 35.9 Å². The lowest BCUT2D eigenvalue weighted by Crippen LogP contribution is -2.32. The minimum atomic E-state index is -0.422. The normalized spacial score (nSPS) is 11.8. The Morgan fingerprint density at radius 3 is 2.50 bits per heavy atom. The zero-order valence-corrected chi connectivity index (χ0v) is 9.61. The van der Waals surface area contributed by atoms with Gasteiger partial charge in [0.05, 0.1) is 0 Å². The van der Waals surface area contributed by atoms with E-state index in [0.29, 0.717) is 12.1 Å². The predicted molar refractivity (Wildman–Crippen MR) is 65.4 cm³/mol. The van der Waals surface area contributed by atoms with Gasteiger partial charge in [-0.15, -0.1) is 0 Å². The Kier molecular flexibility index (Phi) is 4.85. The van der Waals surface area contributed by atoms with Crippen LogP contribution in [0.4, 0.5) is 0 Å². The standard InChI is InChI=1S/C11H14N2O2S/c12-10(14)6-9(16)7-13-11(15)8-4-2-1-3-5-8/h1-5,9,16H,6-7H2,(H2,12,14)(H,13,15). The van der Waals surface area contributed by atoms with Crippen molar-refractivity contribution in [2.45, 2.75) is 11.7 Å². The molecule has 1 rings (SSSR count). The summed E-state index contributed by atoms with van der Waals surface area (Å²) in [5.74, 6) is -0.599. The van der Waals surface area contributed by atoms with Gasteiger partial charge < -0.3 is 11.1 Å². The number of rotatable bonds is 5. The summed E-state index contributed by atoms with van der Waals surface area (Å²) in [7, 11) is 0. The first-order chi connectivity index (χ1) is 7.59. The molecule has 86 valence electrons. The average Bonchev–Trinajstić information content (AvgIpc) is 2.26. The highest BCUT2D eigenvalue weighted by Crippen LogP contribution is 2.01. The van der Waals surface area contributed by atoms with Crippen molar-refractivity contribution in [3.8, 4) is 0 Å². The summed E-state index contributed by atoms with van der Waals surface area (Å²) in [6.07, 6.45) is 0.151. The third-order valence-corrected chi connectivity index (χ3v) is 2.34. The van der Waals surface area contributed by atoms with E-state index in [9.17, 15) is 9.59 Å². The minimum absolute atomic E-state index is 0.151. The molecule has 0 spiro atoms. The lowest BCUT2D eigenvalue weighted by Gasteiger charge is -2.09. The maximum absolute atomic E-state index is 11.6. The van der Waals surface area contributed by atoms with Gasteiger partial charge in [-0.1, -0.05) is 18.2 Å². The molecule has 0 aliphatic carbocycles. The van der Waals surface area contributed by atoms with Crippen molar-refractivity contribution in [1.82, 2.24) is 5.32 Å². The molecule has 0 saturated heterocycles. The number of hydrogen-bond acceptors (Lipinski definition) is 3. The number of benzene rings is 1. The number of nitrogens with one attached hydrogen (secondary N) is 1. The summed E-state index contributed by atoms with van der Waals surface area (Å²) in [6.45, 7) is 0.319. The Balaban J connectivity index is 2.39. The van der Waals surface area contributed by atoms with E-state index >= 15 is 0 Å². The van der Waals surface area contributed by atoms with Crippen LogP contribution in [0.5, 0.6) is 0 Å². The Morgan fingerprint density at radius 1 is 1.31 bits per heavy atom. The SMILES string of the molecule is NC(=O)CC(S)CNC(=O)c1ccccc1. The first-order valence-corrected chi connectivity index (χ1v) is 5.41. The van der Waals surface area contributed by atoms with Gasteiger partial charge in [-0.2, -0.15) is 12.6 Å². The lowest BCUT2D eigenvalue weighted by atomic mass is 10.2. The number of amides is 2. The molecule has 5 heteroatoms. The van der Waals surface area contributed by atoms with Crippen molar-refractivity contribution in [2.24, 2.45) is 5.73 Å². The van der Waals surface area contributed by atoms with Crippen LogP contribution >= 0.6 is 12.6 Å². The molecular weight excluding hydrogens is 224 g/mol. The minimum Gasteiger partial charge on any atom is -0.370 e. The number of primary amides is 1. The second-order valence-corrected chi connectivity index (χ2v) is 4.13. The Labute approximate surface area is 99.6 Å². The average molecular weight is 238 g/mol. The number of thiol groups is 1. The number of nitrogens with two attached hydrogens (primary N) is 1. The summed E-state index contributed by atoms with van der Waals surface area (Å²) in [6, 6.07) is 8.85. The fraction of sp³-hybridized carbons (Fsp3) is 0.273. The van der Waals surface area contributed by atoms with E-state index in [-0.39, 0.29) is 17.6 Å². The van der Waals surface area contributed by atoms with Crippen LogP contribution in [0.3, 0.4) is 0 Å². The van der Waals surface area contributed by atoms with Crippen LogP contribution < -0.4 is 11.1 Å². The molecular formula is C11H14N2O2S. The summed E-state index contributed by atoms with van der Waals surface area (Å²) >= 11 is 4.14. The molecule has 3 N–H and O–H groups in total. The van der Waals surface area contributed by atoms with Gasteiger partial charge in [0.25, 0.3) is 5.91 Å². The number of carbonyl (C=O) groups excluding carboxylic acids is 2. The first-order valence-electron chi connectivity index (χ1n) is 4.89. The molecule has 0 radical (unpaired) electrons. The molecule has 1 aromatic rings. The van der Waals surface area contributed by atoms with Crippen LogP contribution in [-0.2, 0) is 4.79 Å². The molecule has 0 aliphatic rings. The Hall–Kier alpha value is -1.49. The topological polar surface area (TPSA) is 72.2 Å². The van der Waals surface area contributed by atoms with Gasteiger partial charge in [-0.3, -0.25) is 9.59 Å². The van der Waals surface area contributed by atoms with Gasteiger partial charge in [0, 0.05) is 23.8 Å². The molecule has 0 aromatic heterocycles. The van der Waals surface area contributed by atoms with Crippen molar-refractivity contribution in [1.29, 1.82) is 0 Å². The highest BCUT2D eigenvalue weighted by Gasteiger charge is 2.09. The van der Waals surface area contributed by atoms with E-state index in [1.54, 1.807) is 24.3 Å². The molecule has 0 fully saturated rings. The van der Waals surface area contributed by atoms with E-state index in [4.69, 9.17) is 5.73 Å². The van der Waals surface area contributed by atoms with Gasteiger partial charge >= 0.3 is 0 Å². The van der Waals surface area contributed by atoms with Crippen molar-refractivity contribution in [3.63, 3.8) is 0 Å². The zero-order valence-electron chi connectivity index (χ0n) is 8.72. The Morgan fingerprint density at radius 2 is 1.94 bits per heavy atom. The van der Waals surface area contributed by atoms with Crippen LogP contribution in [0.15, 0.2) is 30.3 Å². The monoisotopic (exact) mass is 238 g/mol. The van der Waals surface area contributed by atoms with Gasteiger partial charge in [-0.25, -0.2) is 0 Å². The highest BCUT2D eigenvalue weighted by atomic mass is 32.1. The third-order valence-electron chi connectivity index (χ3n) is 1.97. The molecule has 2 amide bonds. The zero-order chi connectivity index (χ0) is 12.0. The second kappa shape index (κ2) is 6.17. The molecule has 1 unspecified atom stereocenters.